The highest BCUT2D eigenvalue weighted by atomic mass is 16.5. The van der Waals surface area contributed by atoms with Crippen molar-refractivity contribution in [3.05, 3.63) is 76.9 Å². The minimum absolute atomic E-state index is 0.0538. The van der Waals surface area contributed by atoms with Gasteiger partial charge in [-0.25, -0.2) is 4.79 Å². The van der Waals surface area contributed by atoms with Gasteiger partial charge in [0.25, 0.3) is 0 Å². The highest BCUT2D eigenvalue weighted by molar-refractivity contribution is 6.06. The van der Waals surface area contributed by atoms with Gasteiger partial charge in [-0.2, -0.15) is 0 Å². The molecule has 126 valence electrons. The van der Waals surface area contributed by atoms with E-state index in [4.69, 9.17) is 4.74 Å². The predicted octanol–water partition coefficient (Wildman–Crippen LogP) is 3.05. The molecule has 2 aromatic carbocycles. The molecule has 1 amide bonds. The Labute approximate surface area is 146 Å². The summed E-state index contributed by atoms with van der Waals surface area (Å²) in [5.41, 5.74) is 4.13. The summed E-state index contributed by atoms with van der Waals surface area (Å²) >= 11 is 0. The van der Waals surface area contributed by atoms with Crippen LogP contribution in [0.1, 0.15) is 29.5 Å². The summed E-state index contributed by atoms with van der Waals surface area (Å²) in [6, 6.07) is 17.4. The van der Waals surface area contributed by atoms with Gasteiger partial charge in [0, 0.05) is 5.92 Å². The van der Waals surface area contributed by atoms with Gasteiger partial charge in [-0.1, -0.05) is 54.6 Å². The van der Waals surface area contributed by atoms with Gasteiger partial charge in [-0.05, 0) is 30.0 Å². The van der Waals surface area contributed by atoms with Gasteiger partial charge in [0.15, 0.2) is 0 Å². The van der Waals surface area contributed by atoms with Gasteiger partial charge >= 0.3 is 5.97 Å². The van der Waals surface area contributed by atoms with E-state index in [1.807, 2.05) is 54.6 Å². The van der Waals surface area contributed by atoms with Gasteiger partial charge in [0.1, 0.15) is 0 Å². The summed E-state index contributed by atoms with van der Waals surface area (Å²) < 4.78 is 5.33. The zero-order valence-corrected chi connectivity index (χ0v) is 14.0. The smallest absolute Gasteiger partial charge is 0.336 e. The Morgan fingerprint density at radius 1 is 1.12 bits per heavy atom. The van der Waals surface area contributed by atoms with Crippen molar-refractivity contribution in [1.82, 2.24) is 5.32 Å². The van der Waals surface area contributed by atoms with E-state index in [1.165, 1.54) is 0 Å². The zero-order chi connectivity index (χ0) is 17.4. The quantitative estimate of drug-likeness (QED) is 0.879. The number of benzene rings is 2. The number of hydrogen-bond acceptors (Lipinski definition) is 3. The predicted molar refractivity (Wildman–Crippen MR) is 94.5 cm³/mol. The third-order valence-corrected chi connectivity index (χ3v) is 4.96. The minimum Gasteiger partial charge on any atom is -0.463 e. The molecule has 1 heterocycles. The number of rotatable bonds is 3. The van der Waals surface area contributed by atoms with E-state index in [0.717, 1.165) is 16.7 Å². The Morgan fingerprint density at radius 2 is 1.84 bits per heavy atom. The van der Waals surface area contributed by atoms with Gasteiger partial charge in [0.2, 0.25) is 5.91 Å². The highest BCUT2D eigenvalue weighted by Gasteiger charge is 2.46. The molecular formula is C21H19NO3. The molecule has 4 heteroatoms. The molecule has 0 saturated carbocycles. The van der Waals surface area contributed by atoms with Crippen molar-refractivity contribution in [3.63, 3.8) is 0 Å². The molecule has 0 saturated heterocycles. The molecule has 4 rings (SSSR count). The topological polar surface area (TPSA) is 55.4 Å². The zero-order valence-electron chi connectivity index (χ0n) is 14.0. The molecule has 1 aliphatic heterocycles. The number of hydrogen-bond donors (Lipinski definition) is 1. The number of carbonyl (C=O) groups excluding carboxylic acids is 2. The van der Waals surface area contributed by atoms with Crippen molar-refractivity contribution in [2.24, 2.45) is 5.92 Å². The van der Waals surface area contributed by atoms with Crippen LogP contribution in [0.2, 0.25) is 0 Å². The minimum atomic E-state index is -0.343. The highest BCUT2D eigenvalue weighted by Crippen LogP contribution is 2.46. The number of esters is 1. The second-order valence-electron chi connectivity index (χ2n) is 6.35. The van der Waals surface area contributed by atoms with Gasteiger partial charge < -0.3 is 10.1 Å². The molecule has 25 heavy (non-hydrogen) atoms. The van der Waals surface area contributed by atoms with Crippen LogP contribution < -0.4 is 5.32 Å². The molecule has 2 aromatic rings. The van der Waals surface area contributed by atoms with E-state index < -0.39 is 0 Å². The fraction of sp³-hybridized carbons (Fsp3) is 0.238. The first kappa shape index (κ1) is 15.6. The molecule has 0 aromatic heterocycles. The molecule has 0 unspecified atom stereocenters. The van der Waals surface area contributed by atoms with Crippen molar-refractivity contribution >= 4 is 17.6 Å². The Bertz CT molecular complexity index is 870. The molecular weight excluding hydrogens is 314 g/mol. The molecule has 0 bridgehead atoms. The van der Waals surface area contributed by atoms with E-state index in [1.54, 1.807) is 6.92 Å². The normalized spacial score (nSPS) is 21.4. The van der Waals surface area contributed by atoms with Crippen molar-refractivity contribution in [3.8, 4) is 0 Å². The first-order valence-corrected chi connectivity index (χ1v) is 8.56. The van der Waals surface area contributed by atoms with Crippen molar-refractivity contribution in [2.75, 3.05) is 6.61 Å². The standard InChI is InChI=1S/C21H19NO3/c1-2-25-21(24)18-16-12-14-10-6-7-11-15(14)17(16)20(23)22-19(18)13-8-4-3-5-9-13/h3-11,16-17H,2,12H2,1H3,(H,22,23)/t16-,17+/m0/s1. The summed E-state index contributed by atoms with van der Waals surface area (Å²) in [6.45, 7) is 2.10. The average Bonchev–Trinajstić information content (AvgIpc) is 3.02. The lowest BCUT2D eigenvalue weighted by Crippen LogP contribution is -2.40. The monoisotopic (exact) mass is 333 g/mol. The van der Waals surface area contributed by atoms with Crippen molar-refractivity contribution in [2.45, 2.75) is 19.3 Å². The van der Waals surface area contributed by atoms with Crippen LogP contribution in [0.25, 0.3) is 5.70 Å². The third-order valence-electron chi connectivity index (χ3n) is 4.96. The molecule has 2 atom stereocenters. The summed E-state index contributed by atoms with van der Waals surface area (Å²) in [7, 11) is 0. The van der Waals surface area contributed by atoms with E-state index in [2.05, 4.69) is 5.32 Å². The molecule has 2 aliphatic rings. The summed E-state index contributed by atoms with van der Waals surface area (Å²) in [5, 5.41) is 2.97. The number of fused-ring (bicyclic) bond motifs is 3. The van der Waals surface area contributed by atoms with Gasteiger partial charge in [-0.15, -0.1) is 0 Å². The van der Waals surface area contributed by atoms with Crippen LogP contribution in [0.3, 0.4) is 0 Å². The fourth-order valence-corrected chi connectivity index (χ4v) is 3.94. The average molecular weight is 333 g/mol. The van der Waals surface area contributed by atoms with E-state index >= 15 is 0 Å². The fourth-order valence-electron chi connectivity index (χ4n) is 3.94. The molecule has 0 fully saturated rings. The largest absolute Gasteiger partial charge is 0.463 e. The molecule has 0 radical (unpaired) electrons. The SMILES string of the molecule is CCOC(=O)C1=C(c2ccccc2)NC(=O)[C@@H]2c3ccccc3C[C@H]12. The molecule has 0 spiro atoms. The Morgan fingerprint density at radius 3 is 2.60 bits per heavy atom. The lowest BCUT2D eigenvalue weighted by Gasteiger charge is -2.30. The summed E-state index contributed by atoms with van der Waals surface area (Å²) in [4.78, 5) is 25.6. The lowest BCUT2D eigenvalue weighted by atomic mass is 9.80. The first-order valence-electron chi connectivity index (χ1n) is 8.56. The lowest BCUT2D eigenvalue weighted by molar-refractivity contribution is -0.139. The van der Waals surface area contributed by atoms with Gasteiger partial charge in [0.05, 0.1) is 23.8 Å². The van der Waals surface area contributed by atoms with E-state index in [0.29, 0.717) is 24.3 Å². The van der Waals surface area contributed by atoms with Crippen LogP contribution in [0.4, 0.5) is 0 Å². The van der Waals surface area contributed by atoms with Crippen LogP contribution in [-0.2, 0) is 20.7 Å². The molecule has 1 aliphatic carbocycles. The van der Waals surface area contributed by atoms with Crippen molar-refractivity contribution < 1.29 is 14.3 Å². The Kier molecular flexibility index (Phi) is 3.88. The van der Waals surface area contributed by atoms with E-state index in [9.17, 15) is 9.59 Å². The van der Waals surface area contributed by atoms with Crippen LogP contribution >= 0.6 is 0 Å². The van der Waals surface area contributed by atoms with Crippen LogP contribution in [0.5, 0.6) is 0 Å². The summed E-state index contributed by atoms with van der Waals surface area (Å²) in [6.07, 6.45) is 0.679. The van der Waals surface area contributed by atoms with Crippen LogP contribution in [-0.4, -0.2) is 18.5 Å². The first-order chi connectivity index (χ1) is 12.2. The van der Waals surface area contributed by atoms with Crippen LogP contribution in [0, 0.1) is 5.92 Å². The van der Waals surface area contributed by atoms with Crippen molar-refractivity contribution in [1.29, 1.82) is 0 Å². The second-order valence-corrected chi connectivity index (χ2v) is 6.35. The van der Waals surface area contributed by atoms with Crippen LogP contribution in [0.15, 0.2) is 60.2 Å². The second kappa shape index (κ2) is 6.20. The van der Waals surface area contributed by atoms with E-state index in [-0.39, 0.29) is 23.7 Å². The Hall–Kier alpha value is -2.88. The van der Waals surface area contributed by atoms with Gasteiger partial charge in [-0.3, -0.25) is 4.79 Å². The number of amides is 1. The third kappa shape index (κ3) is 2.54. The maximum atomic E-state index is 12.9. The molecule has 1 N–H and O–H groups in total. The summed E-state index contributed by atoms with van der Waals surface area (Å²) in [5.74, 6) is -0.908. The Balaban J connectivity index is 1.87. The number of ether oxygens (including phenoxy) is 1. The maximum absolute atomic E-state index is 12.9. The maximum Gasteiger partial charge on any atom is 0.336 e. The molecule has 4 nitrogen and oxygen atoms in total. The number of nitrogens with one attached hydrogen (secondary N) is 1. The number of carbonyl (C=O) groups is 2.